The molecule has 3 rings (SSSR count). The molecule has 0 aromatic heterocycles. The molecule has 0 aliphatic rings. The van der Waals surface area contributed by atoms with Crippen molar-refractivity contribution in [3.05, 3.63) is 91.0 Å². The summed E-state index contributed by atoms with van der Waals surface area (Å²) < 4.78 is 72.7. The monoisotopic (exact) mass is 609 g/mol. The molecule has 0 spiro atoms. The molecule has 0 fully saturated rings. The molecule has 0 saturated heterocycles. The van der Waals surface area contributed by atoms with Crippen LogP contribution in [0.5, 0.6) is 0 Å². The molecule has 3 aromatic rings. The first-order valence-electron chi connectivity index (χ1n) is 14.0. The minimum absolute atomic E-state index is 0.0151. The van der Waals surface area contributed by atoms with Crippen molar-refractivity contribution in [2.75, 3.05) is 6.16 Å². The normalized spacial score (nSPS) is 16.0. The number of hydrogen-bond donors (Lipinski definition) is 1. The first-order valence-corrected chi connectivity index (χ1v) is 17.5. The molecule has 0 heterocycles. The lowest BCUT2D eigenvalue weighted by atomic mass is 9.85. The predicted octanol–water partition coefficient (Wildman–Crippen LogP) is 7.88. The van der Waals surface area contributed by atoms with Crippen molar-refractivity contribution in [2.24, 2.45) is 0 Å². The van der Waals surface area contributed by atoms with Gasteiger partial charge in [0.2, 0.25) is 5.60 Å². The Kier molecular flexibility index (Phi) is 10.7. The van der Waals surface area contributed by atoms with Crippen LogP contribution in [0.1, 0.15) is 54.4 Å². The first-order chi connectivity index (χ1) is 19.2. The maximum Gasteiger partial charge on any atom is 0.422 e. The van der Waals surface area contributed by atoms with Gasteiger partial charge in [0.1, 0.15) is 28.3 Å². The van der Waals surface area contributed by atoms with Crippen molar-refractivity contribution in [1.29, 1.82) is 0 Å². The molecule has 2 atom stereocenters. The number of rotatable bonds is 13. The summed E-state index contributed by atoms with van der Waals surface area (Å²) in [4.78, 5) is 0. The molecule has 0 bridgehead atoms. The fourth-order valence-electron chi connectivity index (χ4n) is 5.98. The van der Waals surface area contributed by atoms with Crippen LogP contribution in [0.15, 0.2) is 91.0 Å². The quantitative estimate of drug-likeness (QED) is 0.201. The Morgan fingerprint density at radius 1 is 0.756 bits per heavy atom. The SMILES string of the molecule is CCCC(C)(C(O)(CP(=O)(OC(C)C)OC(C)C)C(F)(F)F)[P+](c1ccccc1)(c1ccccc1)c1ccccc1. The summed E-state index contributed by atoms with van der Waals surface area (Å²) in [6.45, 7) is 9.67. The van der Waals surface area contributed by atoms with Gasteiger partial charge in [-0.2, -0.15) is 13.2 Å². The van der Waals surface area contributed by atoms with Gasteiger partial charge in [-0.1, -0.05) is 67.9 Å². The van der Waals surface area contributed by atoms with Gasteiger partial charge in [0.15, 0.2) is 0 Å². The van der Waals surface area contributed by atoms with E-state index in [1.165, 1.54) is 6.92 Å². The lowest BCUT2D eigenvalue weighted by Gasteiger charge is -2.52. The summed E-state index contributed by atoms with van der Waals surface area (Å²) in [6, 6.07) is 27.4. The molecule has 224 valence electrons. The second-order valence-corrected chi connectivity index (χ2v) is 17.0. The summed E-state index contributed by atoms with van der Waals surface area (Å²) in [5.41, 5.74) is -3.47. The van der Waals surface area contributed by atoms with Crippen LogP contribution < -0.4 is 15.9 Å². The molecule has 41 heavy (non-hydrogen) atoms. The molecule has 9 heteroatoms. The third kappa shape index (κ3) is 6.50. The van der Waals surface area contributed by atoms with E-state index in [9.17, 15) is 9.67 Å². The maximum absolute atomic E-state index is 15.7. The third-order valence-electron chi connectivity index (χ3n) is 7.43. The molecular formula is C32H42F3O4P2+. The van der Waals surface area contributed by atoms with Crippen molar-refractivity contribution in [1.82, 2.24) is 0 Å². The van der Waals surface area contributed by atoms with Crippen LogP contribution in [0.4, 0.5) is 13.2 Å². The second-order valence-electron chi connectivity index (χ2n) is 11.1. The topological polar surface area (TPSA) is 55.8 Å². The first kappa shape index (κ1) is 33.5. The summed E-state index contributed by atoms with van der Waals surface area (Å²) in [6.07, 6.45) is -7.47. The molecule has 0 radical (unpaired) electrons. The smallest absolute Gasteiger partial charge is 0.377 e. The summed E-state index contributed by atoms with van der Waals surface area (Å²) >= 11 is 0. The minimum Gasteiger partial charge on any atom is -0.377 e. The highest BCUT2D eigenvalue weighted by Crippen LogP contribution is 2.74. The number of benzene rings is 3. The standard InChI is InChI=1S/C32H42F3O4P2/c1-7-23-30(6,31(36,32(33,34)35)24-40(37,38-25(2)3)39-26(4)5)41(27-17-11-8-12-18-27,28-19-13-9-14-20-28)29-21-15-10-16-22-29/h8-22,25-26,36H,7,23-24H2,1-6H3/q+1. The van der Waals surface area contributed by atoms with Crippen molar-refractivity contribution >= 4 is 30.8 Å². The number of hydrogen-bond acceptors (Lipinski definition) is 4. The van der Waals surface area contributed by atoms with E-state index in [4.69, 9.17) is 9.05 Å². The zero-order valence-corrected chi connectivity index (χ0v) is 26.4. The van der Waals surface area contributed by atoms with E-state index in [0.717, 1.165) is 0 Å². The Balaban J connectivity index is 2.56. The van der Waals surface area contributed by atoms with E-state index >= 15 is 13.2 Å². The van der Waals surface area contributed by atoms with E-state index in [0.29, 0.717) is 22.3 Å². The molecule has 3 aromatic carbocycles. The largest absolute Gasteiger partial charge is 0.422 e. The van der Waals surface area contributed by atoms with Gasteiger partial charge < -0.3 is 14.2 Å². The van der Waals surface area contributed by atoms with Crippen LogP contribution in [0.25, 0.3) is 0 Å². The summed E-state index contributed by atoms with van der Waals surface area (Å²) in [7, 11) is -7.83. The van der Waals surface area contributed by atoms with Crippen molar-refractivity contribution in [3.8, 4) is 0 Å². The van der Waals surface area contributed by atoms with Crippen LogP contribution in [0.2, 0.25) is 0 Å². The fraction of sp³-hybridized carbons (Fsp3) is 0.438. The van der Waals surface area contributed by atoms with Crippen LogP contribution in [0, 0.1) is 0 Å². The van der Waals surface area contributed by atoms with Crippen LogP contribution in [-0.2, 0) is 13.6 Å². The van der Waals surface area contributed by atoms with E-state index in [1.54, 1.807) is 34.6 Å². The Labute approximate surface area is 243 Å². The molecule has 0 amide bonds. The molecule has 0 aliphatic heterocycles. The highest BCUT2D eigenvalue weighted by Gasteiger charge is 2.78. The Hall–Kier alpha value is -2.01. The fourth-order valence-corrected chi connectivity index (χ4v) is 14.5. The van der Waals surface area contributed by atoms with Crippen LogP contribution >= 0.6 is 14.9 Å². The third-order valence-corrected chi connectivity index (χ3v) is 15.1. The molecule has 4 nitrogen and oxygen atoms in total. The van der Waals surface area contributed by atoms with Gasteiger partial charge >= 0.3 is 13.8 Å². The summed E-state index contributed by atoms with van der Waals surface area (Å²) in [5, 5.41) is 12.6. The molecule has 0 aliphatic carbocycles. The number of halogens is 3. The van der Waals surface area contributed by atoms with Gasteiger partial charge in [-0.15, -0.1) is 0 Å². The van der Waals surface area contributed by atoms with Crippen LogP contribution in [-0.4, -0.2) is 40.4 Å². The average molecular weight is 610 g/mol. The minimum atomic E-state index is -5.18. The molecule has 0 saturated carbocycles. The summed E-state index contributed by atoms with van der Waals surface area (Å²) in [5.74, 6) is 0. The van der Waals surface area contributed by atoms with E-state index in [2.05, 4.69) is 0 Å². The zero-order chi connectivity index (χ0) is 30.5. The van der Waals surface area contributed by atoms with Gasteiger partial charge in [0, 0.05) is 0 Å². The predicted molar refractivity (Wildman–Crippen MR) is 164 cm³/mol. The van der Waals surface area contributed by atoms with Gasteiger partial charge in [-0.05, 0) is 77.4 Å². The number of aliphatic hydroxyl groups is 1. The molecular weight excluding hydrogens is 567 g/mol. The Morgan fingerprint density at radius 3 is 1.37 bits per heavy atom. The van der Waals surface area contributed by atoms with E-state index in [1.807, 2.05) is 91.0 Å². The lowest BCUT2D eigenvalue weighted by Crippen LogP contribution is -2.68. The van der Waals surface area contributed by atoms with Gasteiger partial charge in [0.25, 0.3) is 0 Å². The van der Waals surface area contributed by atoms with Crippen LogP contribution in [0.3, 0.4) is 0 Å². The highest BCUT2D eigenvalue weighted by molar-refractivity contribution is 7.97. The molecule has 1 N–H and O–H groups in total. The van der Waals surface area contributed by atoms with E-state index in [-0.39, 0.29) is 6.42 Å². The van der Waals surface area contributed by atoms with Crippen molar-refractivity contribution < 1.29 is 31.9 Å². The van der Waals surface area contributed by atoms with E-state index < -0.39 is 50.2 Å². The lowest BCUT2D eigenvalue weighted by molar-refractivity contribution is -0.264. The highest BCUT2D eigenvalue weighted by atomic mass is 31.2. The van der Waals surface area contributed by atoms with Gasteiger partial charge in [-0.3, -0.25) is 4.57 Å². The Bertz CT molecular complexity index is 1180. The Morgan fingerprint density at radius 2 is 1.10 bits per heavy atom. The maximum atomic E-state index is 15.7. The molecule has 2 unspecified atom stereocenters. The second kappa shape index (κ2) is 13.1. The zero-order valence-electron chi connectivity index (χ0n) is 24.6. The van der Waals surface area contributed by atoms with Gasteiger partial charge in [-0.25, -0.2) is 0 Å². The number of alkyl halides is 3. The van der Waals surface area contributed by atoms with Gasteiger partial charge in [0.05, 0.1) is 18.4 Å². The van der Waals surface area contributed by atoms with Crippen molar-refractivity contribution in [2.45, 2.75) is 83.5 Å². The van der Waals surface area contributed by atoms with Crippen molar-refractivity contribution in [3.63, 3.8) is 0 Å². The average Bonchev–Trinajstić information content (AvgIpc) is 2.89.